The number of carbonyl (C=O) groups is 1. The summed E-state index contributed by atoms with van der Waals surface area (Å²) < 4.78 is 10.6. The molecule has 70 valence electrons. The number of hydrogen-bond acceptors (Lipinski definition) is 4. The molecule has 4 heteroatoms. The molecular formula is C9H10O4. The summed E-state index contributed by atoms with van der Waals surface area (Å²) >= 11 is 0. The summed E-state index contributed by atoms with van der Waals surface area (Å²) in [6, 6.07) is 0. The maximum absolute atomic E-state index is 11.5. The largest absolute Gasteiger partial charge is 0.390 e. The van der Waals surface area contributed by atoms with Gasteiger partial charge in [0.05, 0.1) is 25.2 Å². The van der Waals surface area contributed by atoms with Gasteiger partial charge in [0.25, 0.3) is 0 Å². The fraction of sp³-hybridized carbons (Fsp3) is 0.667. The van der Waals surface area contributed by atoms with E-state index in [1.54, 1.807) is 6.08 Å². The molecule has 3 rings (SSSR count). The Bertz CT molecular complexity index is 296. The van der Waals surface area contributed by atoms with Gasteiger partial charge >= 0.3 is 0 Å². The number of rotatable bonds is 0. The molecule has 0 aromatic rings. The lowest BCUT2D eigenvalue weighted by molar-refractivity contribution is -0.197. The first-order valence-electron chi connectivity index (χ1n) is 4.43. The molecule has 2 saturated heterocycles. The van der Waals surface area contributed by atoms with Crippen LogP contribution in [0.15, 0.2) is 11.6 Å². The summed E-state index contributed by atoms with van der Waals surface area (Å²) in [4.78, 5) is 11.5. The molecule has 1 N–H and O–H groups in total. The zero-order chi connectivity index (χ0) is 9.00. The van der Waals surface area contributed by atoms with Gasteiger partial charge in [-0.05, 0) is 11.6 Å². The minimum absolute atomic E-state index is 0.0174. The van der Waals surface area contributed by atoms with Crippen molar-refractivity contribution in [1.82, 2.24) is 0 Å². The van der Waals surface area contributed by atoms with Crippen LogP contribution in [0.1, 0.15) is 0 Å². The Morgan fingerprint density at radius 1 is 1.38 bits per heavy atom. The van der Waals surface area contributed by atoms with E-state index in [4.69, 9.17) is 9.47 Å². The highest BCUT2D eigenvalue weighted by Crippen LogP contribution is 2.43. The van der Waals surface area contributed by atoms with Crippen LogP contribution in [0.3, 0.4) is 0 Å². The summed E-state index contributed by atoms with van der Waals surface area (Å²) in [6.45, 7) is 0.684. The van der Waals surface area contributed by atoms with Gasteiger partial charge in [0, 0.05) is 5.92 Å². The summed E-state index contributed by atoms with van der Waals surface area (Å²) in [6.07, 6.45) is 0.642. The Hall–Kier alpha value is -0.710. The third-order valence-corrected chi connectivity index (χ3v) is 3.02. The van der Waals surface area contributed by atoms with Crippen molar-refractivity contribution in [3.63, 3.8) is 0 Å². The van der Waals surface area contributed by atoms with Gasteiger partial charge in [-0.2, -0.15) is 0 Å². The highest BCUT2D eigenvalue weighted by molar-refractivity contribution is 5.96. The minimum atomic E-state index is -0.663. The second kappa shape index (κ2) is 2.41. The molecule has 13 heavy (non-hydrogen) atoms. The fourth-order valence-electron chi connectivity index (χ4n) is 2.42. The predicted octanol–water partition coefficient (Wildman–Crippen LogP) is -0.525. The lowest BCUT2D eigenvalue weighted by Gasteiger charge is -2.32. The van der Waals surface area contributed by atoms with Crippen LogP contribution >= 0.6 is 0 Å². The second-order valence-electron chi connectivity index (χ2n) is 3.75. The van der Waals surface area contributed by atoms with Crippen LogP contribution in [0, 0.1) is 11.8 Å². The molecule has 0 spiro atoms. The van der Waals surface area contributed by atoms with Gasteiger partial charge in [-0.3, -0.25) is 4.79 Å². The van der Waals surface area contributed by atoms with Crippen molar-refractivity contribution in [2.45, 2.75) is 12.4 Å². The normalized spacial score (nSPS) is 47.8. The van der Waals surface area contributed by atoms with E-state index >= 15 is 0 Å². The highest BCUT2D eigenvalue weighted by atomic mass is 16.7. The average Bonchev–Trinajstić information content (AvgIpc) is 2.61. The zero-order valence-electron chi connectivity index (χ0n) is 6.97. The van der Waals surface area contributed by atoms with Gasteiger partial charge < -0.3 is 14.6 Å². The Morgan fingerprint density at radius 2 is 2.23 bits per heavy atom. The molecule has 2 aliphatic heterocycles. The van der Waals surface area contributed by atoms with Crippen LogP contribution in [0.25, 0.3) is 0 Å². The lowest BCUT2D eigenvalue weighted by atomic mass is 9.85. The fourth-order valence-corrected chi connectivity index (χ4v) is 2.42. The molecule has 1 aliphatic carbocycles. The lowest BCUT2D eigenvalue weighted by Crippen LogP contribution is -2.44. The average molecular weight is 182 g/mol. The van der Waals surface area contributed by atoms with Crippen molar-refractivity contribution >= 4 is 5.78 Å². The zero-order valence-corrected chi connectivity index (χ0v) is 6.97. The van der Waals surface area contributed by atoms with Crippen molar-refractivity contribution in [3.05, 3.63) is 11.6 Å². The van der Waals surface area contributed by atoms with E-state index in [9.17, 15) is 9.90 Å². The van der Waals surface area contributed by atoms with Gasteiger partial charge in [-0.15, -0.1) is 0 Å². The Balaban J connectivity index is 2.01. The predicted molar refractivity (Wildman–Crippen MR) is 41.8 cm³/mol. The highest BCUT2D eigenvalue weighted by Gasteiger charge is 2.52. The molecule has 2 fully saturated rings. The number of carbonyl (C=O) groups excluding carboxylic acids is 1. The van der Waals surface area contributed by atoms with Crippen molar-refractivity contribution in [2.24, 2.45) is 11.8 Å². The van der Waals surface area contributed by atoms with Crippen LogP contribution < -0.4 is 0 Å². The van der Waals surface area contributed by atoms with E-state index in [0.717, 1.165) is 5.57 Å². The summed E-state index contributed by atoms with van der Waals surface area (Å²) in [5.41, 5.74) is 0.985. The SMILES string of the molecule is O=C1C=C2CO[C@H]3OC[C@H](O)[C@@H]1[C@@H]23. The van der Waals surface area contributed by atoms with Crippen molar-refractivity contribution in [2.75, 3.05) is 13.2 Å². The third kappa shape index (κ3) is 0.879. The van der Waals surface area contributed by atoms with Gasteiger partial charge in [-0.25, -0.2) is 0 Å². The van der Waals surface area contributed by atoms with Gasteiger partial charge in [0.15, 0.2) is 12.1 Å². The number of ether oxygens (including phenoxy) is 2. The molecule has 0 unspecified atom stereocenters. The van der Waals surface area contributed by atoms with E-state index in [1.807, 2.05) is 0 Å². The number of hydrogen-bond donors (Lipinski definition) is 1. The molecule has 0 aromatic heterocycles. The Labute approximate surface area is 75.1 Å². The van der Waals surface area contributed by atoms with Crippen molar-refractivity contribution in [1.29, 1.82) is 0 Å². The number of aliphatic hydroxyl groups is 1. The first-order chi connectivity index (χ1) is 6.27. The molecule has 0 aromatic carbocycles. The van der Waals surface area contributed by atoms with Gasteiger partial charge in [-0.1, -0.05) is 0 Å². The molecular weight excluding hydrogens is 172 g/mol. The Morgan fingerprint density at radius 3 is 3.08 bits per heavy atom. The maximum Gasteiger partial charge on any atom is 0.165 e. The summed E-state index contributed by atoms with van der Waals surface area (Å²) in [5, 5.41) is 9.58. The van der Waals surface area contributed by atoms with Crippen molar-refractivity contribution < 1.29 is 19.4 Å². The van der Waals surface area contributed by atoms with Crippen LogP contribution in [0.5, 0.6) is 0 Å². The van der Waals surface area contributed by atoms with E-state index in [1.165, 1.54) is 0 Å². The molecule has 0 bridgehead atoms. The topological polar surface area (TPSA) is 55.8 Å². The molecule has 2 heterocycles. The molecule has 0 radical (unpaired) electrons. The number of aliphatic hydroxyl groups excluding tert-OH is 1. The minimum Gasteiger partial charge on any atom is -0.390 e. The van der Waals surface area contributed by atoms with Crippen molar-refractivity contribution in [3.8, 4) is 0 Å². The summed E-state index contributed by atoms with van der Waals surface area (Å²) in [5.74, 6) is -0.295. The van der Waals surface area contributed by atoms with Crippen LogP contribution in [0.4, 0.5) is 0 Å². The first kappa shape index (κ1) is 7.67. The maximum atomic E-state index is 11.5. The molecule has 4 nitrogen and oxygen atoms in total. The van der Waals surface area contributed by atoms with Crippen LogP contribution in [0.2, 0.25) is 0 Å². The molecule has 3 aliphatic rings. The van der Waals surface area contributed by atoms with E-state index in [2.05, 4.69) is 0 Å². The van der Waals surface area contributed by atoms with Gasteiger partial charge in [0.2, 0.25) is 0 Å². The number of ketones is 1. The third-order valence-electron chi connectivity index (χ3n) is 3.02. The van der Waals surface area contributed by atoms with E-state index < -0.39 is 6.10 Å². The van der Waals surface area contributed by atoms with Gasteiger partial charge in [0.1, 0.15) is 0 Å². The monoisotopic (exact) mass is 182 g/mol. The quantitative estimate of drug-likeness (QED) is 0.547. The summed E-state index contributed by atoms with van der Waals surface area (Å²) in [7, 11) is 0. The Kier molecular flexibility index (Phi) is 1.42. The van der Waals surface area contributed by atoms with Crippen LogP contribution in [-0.2, 0) is 14.3 Å². The number of allylic oxidation sites excluding steroid dienone is 1. The second-order valence-corrected chi connectivity index (χ2v) is 3.75. The molecule has 0 amide bonds. The van der Waals surface area contributed by atoms with E-state index in [-0.39, 0.29) is 30.5 Å². The van der Waals surface area contributed by atoms with E-state index in [0.29, 0.717) is 6.61 Å². The molecule has 0 saturated carbocycles. The first-order valence-corrected chi connectivity index (χ1v) is 4.43. The standard InChI is InChI=1S/C9H10O4/c10-5-1-4-2-12-9-7(4)8(5)6(11)3-13-9/h1,6-9,11H,2-3H2/t6-,7+,8+,9-/m0/s1. The smallest absolute Gasteiger partial charge is 0.165 e. The molecule has 4 atom stereocenters. The van der Waals surface area contributed by atoms with Crippen LogP contribution in [-0.4, -0.2) is 36.5 Å².